The Morgan fingerprint density at radius 3 is 2.07 bits per heavy atom. The molecular formula is C34H38N4O4. The number of hydrogen-bond donors (Lipinski definition) is 1. The molecule has 0 spiro atoms. The van der Waals surface area contributed by atoms with Crippen molar-refractivity contribution in [2.75, 3.05) is 13.1 Å². The third-order valence-corrected chi connectivity index (χ3v) is 8.00. The number of ketones is 1. The molecule has 8 heteroatoms. The van der Waals surface area contributed by atoms with E-state index in [1.807, 2.05) is 26.8 Å². The first kappa shape index (κ1) is 29.2. The summed E-state index contributed by atoms with van der Waals surface area (Å²) in [7, 11) is 0. The maximum absolute atomic E-state index is 13.5. The van der Waals surface area contributed by atoms with E-state index in [-0.39, 0.29) is 30.8 Å². The lowest BCUT2D eigenvalue weighted by atomic mass is 9.91. The number of aromatic nitrogens is 2. The van der Waals surface area contributed by atoms with Crippen molar-refractivity contribution in [1.29, 1.82) is 0 Å². The first-order chi connectivity index (χ1) is 20.1. The van der Waals surface area contributed by atoms with Crippen molar-refractivity contribution in [2.45, 2.75) is 59.3 Å². The molecular weight excluding hydrogens is 528 g/mol. The van der Waals surface area contributed by atoms with Crippen molar-refractivity contribution in [3.8, 4) is 0 Å². The number of benzene rings is 3. The van der Waals surface area contributed by atoms with Gasteiger partial charge in [0.05, 0.1) is 24.0 Å². The predicted molar refractivity (Wildman–Crippen MR) is 165 cm³/mol. The minimum absolute atomic E-state index is 0.0357. The number of nitrogens with one attached hydrogen (secondary N) is 1. The molecule has 4 aromatic rings. The molecule has 8 nitrogen and oxygen atoms in total. The van der Waals surface area contributed by atoms with Crippen LogP contribution in [0, 0.1) is 5.41 Å². The molecule has 1 N–H and O–H groups in total. The molecule has 0 unspecified atom stereocenters. The van der Waals surface area contributed by atoms with Gasteiger partial charge in [0, 0.05) is 36.7 Å². The van der Waals surface area contributed by atoms with Crippen LogP contribution in [0.5, 0.6) is 0 Å². The van der Waals surface area contributed by atoms with Crippen LogP contribution >= 0.6 is 0 Å². The molecule has 1 aliphatic heterocycles. The number of fused-ring (bicyclic) bond motifs is 1. The zero-order chi connectivity index (χ0) is 29.9. The van der Waals surface area contributed by atoms with E-state index in [1.165, 1.54) is 10.1 Å². The van der Waals surface area contributed by atoms with Gasteiger partial charge in [-0.3, -0.25) is 28.4 Å². The molecule has 0 atom stereocenters. The fourth-order valence-corrected chi connectivity index (χ4v) is 5.33. The topological polar surface area (TPSA) is 93.4 Å². The van der Waals surface area contributed by atoms with Crippen molar-refractivity contribution in [2.24, 2.45) is 5.41 Å². The number of rotatable bonds is 8. The number of carbonyl (C=O) groups is 2. The summed E-state index contributed by atoms with van der Waals surface area (Å²) in [5.74, 6) is -0.230. The molecule has 1 fully saturated rings. The third-order valence-electron chi connectivity index (χ3n) is 8.00. The number of para-hydroxylation sites is 1. The van der Waals surface area contributed by atoms with Gasteiger partial charge in [0.1, 0.15) is 0 Å². The number of hydrogen-bond acceptors (Lipinski definition) is 5. The standard InChI is InChI=1S/C34H38N4O4/c1-34(2,3)30(39)23-37-29-12-8-7-11-28(29)32(41)38(33(37)42)22-25-13-15-26(16-14-25)31(40)35-27-17-19-36(20-18-27)21-24-9-5-4-6-10-24/h4-16,27H,17-23H2,1-3H3,(H,35,40). The quantitative estimate of drug-likeness (QED) is 0.345. The Balaban J connectivity index is 1.26. The van der Waals surface area contributed by atoms with Crippen LogP contribution in [0.4, 0.5) is 0 Å². The van der Waals surface area contributed by atoms with Gasteiger partial charge in [-0.05, 0) is 48.2 Å². The van der Waals surface area contributed by atoms with Crippen LogP contribution in [0.25, 0.3) is 10.9 Å². The Hall–Kier alpha value is -4.30. The fourth-order valence-electron chi connectivity index (χ4n) is 5.33. The molecule has 1 aliphatic rings. The number of likely N-dealkylation sites (tertiary alicyclic amines) is 1. The van der Waals surface area contributed by atoms with E-state index in [0.717, 1.165) is 37.0 Å². The van der Waals surface area contributed by atoms with Crippen LogP contribution < -0.4 is 16.6 Å². The van der Waals surface area contributed by atoms with Crippen LogP contribution in [0.1, 0.15) is 55.1 Å². The van der Waals surface area contributed by atoms with Gasteiger partial charge in [0.15, 0.2) is 5.78 Å². The molecule has 3 aromatic carbocycles. The Labute approximate surface area is 245 Å². The maximum atomic E-state index is 13.5. The number of carbonyl (C=O) groups excluding carboxylic acids is 2. The lowest BCUT2D eigenvalue weighted by Gasteiger charge is -2.32. The molecule has 1 amide bonds. The molecule has 42 heavy (non-hydrogen) atoms. The molecule has 5 rings (SSSR count). The first-order valence-electron chi connectivity index (χ1n) is 14.5. The molecule has 1 saturated heterocycles. The van der Waals surface area contributed by atoms with Gasteiger partial charge in [0.25, 0.3) is 11.5 Å². The number of amides is 1. The van der Waals surface area contributed by atoms with Gasteiger partial charge in [-0.15, -0.1) is 0 Å². The highest BCUT2D eigenvalue weighted by Gasteiger charge is 2.24. The summed E-state index contributed by atoms with van der Waals surface area (Å²) in [4.78, 5) is 55.0. The monoisotopic (exact) mass is 566 g/mol. The van der Waals surface area contributed by atoms with E-state index in [1.54, 1.807) is 48.5 Å². The van der Waals surface area contributed by atoms with Gasteiger partial charge in [-0.1, -0.05) is 75.4 Å². The van der Waals surface area contributed by atoms with Crippen LogP contribution in [-0.2, 0) is 24.4 Å². The summed E-state index contributed by atoms with van der Waals surface area (Å²) in [6.45, 7) is 8.13. The molecule has 1 aromatic heterocycles. The van der Waals surface area contributed by atoms with Crippen molar-refractivity contribution in [1.82, 2.24) is 19.4 Å². The summed E-state index contributed by atoms with van der Waals surface area (Å²) in [6.07, 6.45) is 1.79. The van der Waals surface area contributed by atoms with Crippen LogP contribution in [0.2, 0.25) is 0 Å². The second-order valence-electron chi connectivity index (χ2n) is 12.2. The summed E-state index contributed by atoms with van der Waals surface area (Å²) in [5, 5.41) is 3.54. The molecule has 2 heterocycles. The van der Waals surface area contributed by atoms with Crippen LogP contribution in [0.15, 0.2) is 88.5 Å². The molecule has 0 bridgehead atoms. The highest BCUT2D eigenvalue weighted by atomic mass is 16.2. The Morgan fingerprint density at radius 2 is 1.40 bits per heavy atom. The van der Waals surface area contributed by atoms with Crippen molar-refractivity contribution >= 4 is 22.6 Å². The van der Waals surface area contributed by atoms with Gasteiger partial charge in [-0.25, -0.2) is 4.79 Å². The van der Waals surface area contributed by atoms with Crippen molar-refractivity contribution in [3.63, 3.8) is 0 Å². The smallest absolute Gasteiger partial charge is 0.332 e. The predicted octanol–water partition coefficient (Wildman–Crippen LogP) is 4.22. The number of piperidine rings is 1. The van der Waals surface area contributed by atoms with Crippen LogP contribution in [-0.4, -0.2) is 44.9 Å². The van der Waals surface area contributed by atoms with E-state index in [9.17, 15) is 19.2 Å². The van der Waals surface area contributed by atoms with Crippen molar-refractivity contribution in [3.05, 3.63) is 116 Å². The zero-order valence-corrected chi connectivity index (χ0v) is 24.5. The highest BCUT2D eigenvalue weighted by Crippen LogP contribution is 2.18. The molecule has 0 radical (unpaired) electrons. The van der Waals surface area contributed by atoms with E-state index in [0.29, 0.717) is 22.0 Å². The largest absolute Gasteiger partial charge is 0.349 e. The lowest BCUT2D eigenvalue weighted by Crippen LogP contribution is -2.44. The molecule has 218 valence electrons. The van der Waals surface area contributed by atoms with Gasteiger partial charge in [0.2, 0.25) is 0 Å². The number of Topliss-reactive ketones (excluding diaryl/α,β-unsaturated/α-hetero) is 1. The fraction of sp³-hybridized carbons (Fsp3) is 0.353. The summed E-state index contributed by atoms with van der Waals surface area (Å²) >= 11 is 0. The van der Waals surface area contributed by atoms with E-state index in [2.05, 4.69) is 34.5 Å². The van der Waals surface area contributed by atoms with E-state index in [4.69, 9.17) is 0 Å². The van der Waals surface area contributed by atoms with Gasteiger partial charge >= 0.3 is 5.69 Å². The Kier molecular flexibility index (Phi) is 8.54. The van der Waals surface area contributed by atoms with Gasteiger partial charge < -0.3 is 5.32 Å². The second-order valence-corrected chi connectivity index (χ2v) is 12.2. The number of nitrogens with zero attached hydrogens (tertiary/aromatic N) is 3. The second kappa shape index (κ2) is 12.3. The van der Waals surface area contributed by atoms with E-state index < -0.39 is 16.7 Å². The summed E-state index contributed by atoms with van der Waals surface area (Å²) in [6, 6.07) is 24.4. The normalized spacial score (nSPS) is 14.6. The van der Waals surface area contributed by atoms with Crippen molar-refractivity contribution < 1.29 is 9.59 Å². The average molecular weight is 567 g/mol. The first-order valence-corrected chi connectivity index (χ1v) is 14.5. The van der Waals surface area contributed by atoms with Crippen LogP contribution in [0.3, 0.4) is 0 Å². The molecule has 0 aliphatic carbocycles. The minimum atomic E-state index is -0.628. The summed E-state index contributed by atoms with van der Waals surface area (Å²) in [5.41, 5.74) is 1.42. The third kappa shape index (κ3) is 6.60. The lowest BCUT2D eigenvalue weighted by molar-refractivity contribution is -0.126. The average Bonchev–Trinajstić information content (AvgIpc) is 2.98. The maximum Gasteiger partial charge on any atom is 0.332 e. The SMILES string of the molecule is CC(C)(C)C(=O)Cn1c(=O)n(Cc2ccc(C(=O)NC3CCN(Cc4ccccc4)CC3)cc2)c(=O)c2ccccc21. The minimum Gasteiger partial charge on any atom is -0.349 e. The molecule has 0 saturated carbocycles. The van der Waals surface area contributed by atoms with E-state index >= 15 is 0 Å². The Morgan fingerprint density at radius 1 is 0.786 bits per heavy atom. The Bertz CT molecular complexity index is 1690. The summed E-state index contributed by atoms with van der Waals surface area (Å²) < 4.78 is 2.55. The highest BCUT2D eigenvalue weighted by molar-refractivity contribution is 5.94. The van der Waals surface area contributed by atoms with Gasteiger partial charge in [-0.2, -0.15) is 0 Å². The zero-order valence-electron chi connectivity index (χ0n) is 24.5.